The highest BCUT2D eigenvalue weighted by molar-refractivity contribution is 5.31. The highest BCUT2D eigenvalue weighted by Crippen LogP contribution is 2.33. The van der Waals surface area contributed by atoms with Gasteiger partial charge in [-0.1, -0.05) is 12.1 Å². The molecule has 3 rings (SSSR count). The van der Waals surface area contributed by atoms with Gasteiger partial charge in [0.2, 0.25) is 0 Å². The molecule has 1 aliphatic heterocycles. The molecular formula is C17H23N3O2. The maximum Gasteiger partial charge on any atom is 0.119 e. The summed E-state index contributed by atoms with van der Waals surface area (Å²) in [6.45, 7) is 1.65. The standard InChI is InChI=1S/C17H23N3O2/c1-19-11-13(10-18-19)6-7-20-12-15(21)9-17(20)14-4-3-5-16(8-14)22-2/h3-5,8,10-11,15,17,21H,6-7,9,12H2,1-2H3/t15-,17+/m0/s1. The first-order valence-electron chi connectivity index (χ1n) is 7.69. The zero-order valence-corrected chi connectivity index (χ0v) is 13.1. The van der Waals surface area contributed by atoms with Gasteiger partial charge in [-0.05, 0) is 36.1 Å². The summed E-state index contributed by atoms with van der Waals surface area (Å²) in [6, 6.07) is 8.40. The lowest BCUT2D eigenvalue weighted by atomic mass is 10.0. The monoisotopic (exact) mass is 301 g/mol. The van der Waals surface area contributed by atoms with Crippen LogP contribution in [0.5, 0.6) is 5.75 Å². The molecule has 2 atom stereocenters. The number of rotatable bonds is 5. The molecule has 0 unspecified atom stereocenters. The van der Waals surface area contributed by atoms with Gasteiger partial charge >= 0.3 is 0 Å². The van der Waals surface area contributed by atoms with Crippen molar-refractivity contribution in [2.75, 3.05) is 20.2 Å². The number of ether oxygens (including phenoxy) is 1. The molecule has 1 aliphatic rings. The van der Waals surface area contributed by atoms with Crippen LogP contribution in [0, 0.1) is 0 Å². The zero-order chi connectivity index (χ0) is 15.5. The fourth-order valence-electron chi connectivity index (χ4n) is 3.20. The van der Waals surface area contributed by atoms with Crippen molar-refractivity contribution in [2.45, 2.75) is 25.0 Å². The molecule has 1 aromatic heterocycles. The second kappa shape index (κ2) is 6.50. The van der Waals surface area contributed by atoms with E-state index in [1.807, 2.05) is 36.3 Å². The molecule has 0 spiro atoms. The van der Waals surface area contributed by atoms with Crippen molar-refractivity contribution in [3.05, 3.63) is 47.8 Å². The number of methoxy groups -OCH3 is 1. The van der Waals surface area contributed by atoms with E-state index in [0.29, 0.717) is 0 Å². The molecule has 0 amide bonds. The van der Waals surface area contributed by atoms with E-state index in [0.717, 1.165) is 31.7 Å². The van der Waals surface area contributed by atoms with Gasteiger partial charge in [0, 0.05) is 32.4 Å². The second-order valence-electron chi connectivity index (χ2n) is 5.95. The van der Waals surface area contributed by atoms with Crippen LogP contribution in [0.2, 0.25) is 0 Å². The molecular weight excluding hydrogens is 278 g/mol. The van der Waals surface area contributed by atoms with Crippen LogP contribution in [0.25, 0.3) is 0 Å². The first-order valence-corrected chi connectivity index (χ1v) is 7.69. The molecule has 0 aliphatic carbocycles. The lowest BCUT2D eigenvalue weighted by Crippen LogP contribution is -2.27. The van der Waals surface area contributed by atoms with Crippen molar-refractivity contribution < 1.29 is 9.84 Å². The van der Waals surface area contributed by atoms with E-state index in [9.17, 15) is 5.11 Å². The van der Waals surface area contributed by atoms with Gasteiger partial charge in [0.05, 0.1) is 19.4 Å². The summed E-state index contributed by atoms with van der Waals surface area (Å²) >= 11 is 0. The molecule has 1 aromatic carbocycles. The van der Waals surface area contributed by atoms with E-state index in [1.54, 1.807) is 7.11 Å². The predicted octanol–water partition coefficient (Wildman–Crippen LogP) is 1.78. The summed E-state index contributed by atoms with van der Waals surface area (Å²) in [5.41, 5.74) is 2.44. The van der Waals surface area contributed by atoms with E-state index in [1.165, 1.54) is 11.1 Å². The average Bonchev–Trinajstić information content (AvgIpc) is 3.11. The van der Waals surface area contributed by atoms with E-state index >= 15 is 0 Å². The SMILES string of the molecule is COc1cccc([C@H]2C[C@H](O)CN2CCc2cnn(C)c2)c1. The lowest BCUT2D eigenvalue weighted by Gasteiger charge is -2.24. The minimum atomic E-state index is -0.259. The Morgan fingerprint density at radius 3 is 3.00 bits per heavy atom. The number of aromatic nitrogens is 2. The molecule has 1 fully saturated rings. The Morgan fingerprint density at radius 1 is 1.41 bits per heavy atom. The van der Waals surface area contributed by atoms with Crippen molar-refractivity contribution in [1.29, 1.82) is 0 Å². The number of nitrogens with zero attached hydrogens (tertiary/aromatic N) is 3. The zero-order valence-electron chi connectivity index (χ0n) is 13.1. The van der Waals surface area contributed by atoms with Crippen LogP contribution in [0.15, 0.2) is 36.7 Å². The molecule has 118 valence electrons. The van der Waals surface area contributed by atoms with Gasteiger partial charge in [0.15, 0.2) is 0 Å². The van der Waals surface area contributed by atoms with Crippen LogP contribution in [0.3, 0.4) is 0 Å². The normalized spacial score (nSPS) is 22.1. The van der Waals surface area contributed by atoms with Crippen molar-refractivity contribution >= 4 is 0 Å². The number of aryl methyl sites for hydroxylation is 1. The van der Waals surface area contributed by atoms with Crippen LogP contribution in [0.4, 0.5) is 0 Å². The Hall–Kier alpha value is -1.85. The summed E-state index contributed by atoms with van der Waals surface area (Å²) in [6.07, 6.45) is 5.42. The number of likely N-dealkylation sites (tertiary alicyclic amines) is 1. The van der Waals surface area contributed by atoms with E-state index in [-0.39, 0.29) is 12.1 Å². The summed E-state index contributed by atoms with van der Waals surface area (Å²) < 4.78 is 7.14. The van der Waals surface area contributed by atoms with Gasteiger partial charge < -0.3 is 9.84 Å². The van der Waals surface area contributed by atoms with Crippen molar-refractivity contribution in [3.8, 4) is 5.75 Å². The lowest BCUT2D eigenvalue weighted by molar-refractivity contribution is 0.175. The number of β-amino-alcohol motifs (C(OH)–C–C–N with tert-alkyl or cyclic N) is 1. The number of benzene rings is 1. The van der Waals surface area contributed by atoms with Crippen molar-refractivity contribution in [3.63, 3.8) is 0 Å². The summed E-state index contributed by atoms with van der Waals surface area (Å²) in [4.78, 5) is 2.35. The van der Waals surface area contributed by atoms with Crippen LogP contribution < -0.4 is 4.74 Å². The van der Waals surface area contributed by atoms with Crippen molar-refractivity contribution in [2.24, 2.45) is 7.05 Å². The highest BCUT2D eigenvalue weighted by atomic mass is 16.5. The minimum Gasteiger partial charge on any atom is -0.497 e. The van der Waals surface area contributed by atoms with E-state index < -0.39 is 0 Å². The summed E-state index contributed by atoms with van der Waals surface area (Å²) in [5, 5.41) is 14.3. The summed E-state index contributed by atoms with van der Waals surface area (Å²) in [7, 11) is 3.62. The quantitative estimate of drug-likeness (QED) is 0.914. The van der Waals surface area contributed by atoms with Crippen LogP contribution in [-0.4, -0.2) is 46.1 Å². The highest BCUT2D eigenvalue weighted by Gasteiger charge is 2.31. The Balaban J connectivity index is 1.71. The smallest absolute Gasteiger partial charge is 0.119 e. The predicted molar refractivity (Wildman–Crippen MR) is 84.8 cm³/mol. The maximum atomic E-state index is 10.1. The number of aliphatic hydroxyl groups excluding tert-OH is 1. The third-order valence-corrected chi connectivity index (χ3v) is 4.31. The number of aliphatic hydroxyl groups is 1. The molecule has 5 heteroatoms. The average molecular weight is 301 g/mol. The van der Waals surface area contributed by atoms with Gasteiger partial charge in [-0.2, -0.15) is 5.10 Å². The van der Waals surface area contributed by atoms with Crippen molar-refractivity contribution in [1.82, 2.24) is 14.7 Å². The molecule has 5 nitrogen and oxygen atoms in total. The molecule has 2 heterocycles. The van der Waals surface area contributed by atoms with Gasteiger partial charge in [0.25, 0.3) is 0 Å². The van der Waals surface area contributed by atoms with E-state index in [4.69, 9.17) is 4.74 Å². The molecule has 0 radical (unpaired) electrons. The third kappa shape index (κ3) is 3.31. The molecule has 0 saturated carbocycles. The van der Waals surface area contributed by atoms with Gasteiger partial charge in [-0.3, -0.25) is 9.58 Å². The van der Waals surface area contributed by atoms with Crippen LogP contribution in [0.1, 0.15) is 23.6 Å². The fourth-order valence-corrected chi connectivity index (χ4v) is 3.20. The minimum absolute atomic E-state index is 0.252. The molecule has 1 saturated heterocycles. The maximum absolute atomic E-state index is 10.1. The van der Waals surface area contributed by atoms with Gasteiger partial charge in [-0.15, -0.1) is 0 Å². The third-order valence-electron chi connectivity index (χ3n) is 4.31. The second-order valence-corrected chi connectivity index (χ2v) is 5.95. The number of hydrogen-bond acceptors (Lipinski definition) is 4. The Kier molecular flexibility index (Phi) is 4.45. The Morgan fingerprint density at radius 2 is 2.27 bits per heavy atom. The molecule has 2 aromatic rings. The van der Waals surface area contributed by atoms with E-state index in [2.05, 4.69) is 22.1 Å². The molecule has 0 bridgehead atoms. The van der Waals surface area contributed by atoms with Gasteiger partial charge in [0.1, 0.15) is 5.75 Å². The topological polar surface area (TPSA) is 50.5 Å². The molecule has 22 heavy (non-hydrogen) atoms. The summed E-state index contributed by atoms with van der Waals surface area (Å²) in [5.74, 6) is 0.867. The fraction of sp³-hybridized carbons (Fsp3) is 0.471. The number of hydrogen-bond donors (Lipinski definition) is 1. The van der Waals surface area contributed by atoms with Gasteiger partial charge in [-0.25, -0.2) is 0 Å². The van der Waals surface area contributed by atoms with Crippen LogP contribution in [-0.2, 0) is 13.5 Å². The largest absolute Gasteiger partial charge is 0.497 e. The Bertz CT molecular complexity index is 626. The Labute approximate surface area is 131 Å². The molecule has 1 N–H and O–H groups in total. The van der Waals surface area contributed by atoms with Crippen LogP contribution >= 0.6 is 0 Å². The first kappa shape index (κ1) is 15.1. The first-order chi connectivity index (χ1) is 10.7.